The van der Waals surface area contributed by atoms with Crippen LogP contribution in [0.4, 0.5) is 5.69 Å². The number of rotatable bonds is 5. The van der Waals surface area contributed by atoms with Gasteiger partial charge in [-0.05, 0) is 31.4 Å². The lowest BCUT2D eigenvalue weighted by Crippen LogP contribution is -2.36. The molecule has 0 saturated carbocycles. The molecule has 0 bridgehead atoms. The van der Waals surface area contributed by atoms with Crippen LogP contribution in [0.5, 0.6) is 0 Å². The molecule has 1 aromatic rings. The van der Waals surface area contributed by atoms with Crippen molar-refractivity contribution >= 4 is 39.1 Å². The Morgan fingerprint density at radius 1 is 1.50 bits per heavy atom. The predicted molar refractivity (Wildman–Crippen MR) is 78.7 cm³/mol. The fraction of sp³-hybridized carbons (Fsp3) is 0.455. The van der Waals surface area contributed by atoms with Crippen molar-refractivity contribution in [3.05, 3.63) is 23.2 Å². The second kappa shape index (κ2) is 6.14. The lowest BCUT2D eigenvalue weighted by atomic mass is 10.3. The van der Waals surface area contributed by atoms with Gasteiger partial charge in [0, 0.05) is 24.5 Å². The monoisotopic (exact) mass is 308 g/mol. The first kappa shape index (κ1) is 15.6. The number of halogens is 1. The van der Waals surface area contributed by atoms with Crippen LogP contribution in [0.3, 0.4) is 0 Å². The normalized spacial score (nSPS) is 13.8. The van der Waals surface area contributed by atoms with Gasteiger partial charge in [-0.2, -0.15) is 16.1 Å². The van der Waals surface area contributed by atoms with E-state index in [9.17, 15) is 8.42 Å². The summed E-state index contributed by atoms with van der Waals surface area (Å²) in [5.74, 6) is 0.725. The number of thioether (sulfide) groups is 1. The highest BCUT2D eigenvalue weighted by Crippen LogP contribution is 2.27. The van der Waals surface area contributed by atoms with E-state index in [0.29, 0.717) is 5.69 Å². The zero-order chi connectivity index (χ0) is 13.9. The van der Waals surface area contributed by atoms with Crippen LogP contribution in [-0.4, -0.2) is 37.8 Å². The smallest absolute Gasteiger partial charge is 0.244 e. The summed E-state index contributed by atoms with van der Waals surface area (Å²) in [6.07, 6.45) is 1.94. The Balaban J connectivity index is 3.13. The first-order chi connectivity index (χ1) is 8.30. The molecule has 1 rings (SSSR count). The minimum atomic E-state index is -3.58. The van der Waals surface area contributed by atoms with Crippen LogP contribution in [0.2, 0.25) is 5.02 Å². The molecule has 1 atom stereocenters. The molecule has 102 valence electrons. The summed E-state index contributed by atoms with van der Waals surface area (Å²) >= 11 is 7.55. The van der Waals surface area contributed by atoms with Crippen molar-refractivity contribution < 1.29 is 8.42 Å². The molecule has 0 saturated heterocycles. The van der Waals surface area contributed by atoms with Crippen molar-refractivity contribution in [2.45, 2.75) is 17.9 Å². The van der Waals surface area contributed by atoms with E-state index in [1.54, 1.807) is 18.8 Å². The van der Waals surface area contributed by atoms with Crippen molar-refractivity contribution in [2.24, 2.45) is 0 Å². The standard InChI is InChI=1S/C11H17ClN2O2S2/c1-8(7-17-3)14(2)18(15,16)11-5-4-9(13)6-10(11)12/h4-6,8H,7,13H2,1-3H3. The van der Waals surface area contributed by atoms with Gasteiger partial charge in [-0.1, -0.05) is 11.6 Å². The van der Waals surface area contributed by atoms with Crippen LogP contribution >= 0.6 is 23.4 Å². The van der Waals surface area contributed by atoms with Crippen LogP contribution in [0.1, 0.15) is 6.92 Å². The molecule has 0 aliphatic rings. The number of hydrogen-bond acceptors (Lipinski definition) is 4. The van der Waals surface area contributed by atoms with Crippen molar-refractivity contribution in [2.75, 3.05) is 24.8 Å². The molecule has 1 aromatic carbocycles. The maximum absolute atomic E-state index is 12.4. The fourth-order valence-electron chi connectivity index (χ4n) is 1.46. The molecule has 0 fully saturated rings. The molecule has 0 radical (unpaired) electrons. The number of sulfonamides is 1. The zero-order valence-corrected chi connectivity index (χ0v) is 12.9. The van der Waals surface area contributed by atoms with Crippen LogP contribution in [0.25, 0.3) is 0 Å². The highest BCUT2D eigenvalue weighted by molar-refractivity contribution is 7.98. The van der Waals surface area contributed by atoms with E-state index in [1.807, 2.05) is 13.2 Å². The SMILES string of the molecule is CSCC(C)N(C)S(=O)(=O)c1ccc(N)cc1Cl. The molecule has 0 spiro atoms. The minimum Gasteiger partial charge on any atom is -0.399 e. The van der Waals surface area contributed by atoms with E-state index < -0.39 is 10.0 Å². The van der Waals surface area contributed by atoms with Gasteiger partial charge >= 0.3 is 0 Å². The van der Waals surface area contributed by atoms with Gasteiger partial charge in [0.25, 0.3) is 0 Å². The Kier molecular flexibility index (Phi) is 5.33. The number of anilines is 1. The average Bonchev–Trinajstić information content (AvgIpc) is 2.27. The van der Waals surface area contributed by atoms with Gasteiger partial charge in [-0.25, -0.2) is 8.42 Å². The quantitative estimate of drug-likeness (QED) is 0.848. The summed E-state index contributed by atoms with van der Waals surface area (Å²) in [5.41, 5.74) is 6.00. The number of nitrogens with zero attached hydrogens (tertiary/aromatic N) is 1. The van der Waals surface area contributed by atoms with E-state index in [2.05, 4.69) is 0 Å². The largest absolute Gasteiger partial charge is 0.399 e. The summed E-state index contributed by atoms with van der Waals surface area (Å²) < 4.78 is 26.1. The van der Waals surface area contributed by atoms with Crippen LogP contribution in [0, 0.1) is 0 Å². The van der Waals surface area contributed by atoms with Crippen molar-refractivity contribution in [3.63, 3.8) is 0 Å². The first-order valence-electron chi connectivity index (χ1n) is 5.32. The summed E-state index contributed by atoms with van der Waals surface area (Å²) in [6, 6.07) is 4.32. The molecule has 4 nitrogen and oxygen atoms in total. The Bertz CT molecular complexity index is 520. The molecular formula is C11H17ClN2O2S2. The van der Waals surface area contributed by atoms with E-state index >= 15 is 0 Å². The molecule has 0 aliphatic heterocycles. The minimum absolute atomic E-state index is 0.0915. The van der Waals surface area contributed by atoms with Crippen molar-refractivity contribution in [3.8, 4) is 0 Å². The van der Waals surface area contributed by atoms with E-state index in [4.69, 9.17) is 17.3 Å². The maximum Gasteiger partial charge on any atom is 0.244 e. The number of nitrogen functional groups attached to an aromatic ring is 1. The van der Waals surface area contributed by atoms with Gasteiger partial charge in [0.15, 0.2) is 0 Å². The lowest BCUT2D eigenvalue weighted by molar-refractivity contribution is 0.415. The lowest BCUT2D eigenvalue weighted by Gasteiger charge is -2.24. The van der Waals surface area contributed by atoms with E-state index in [-0.39, 0.29) is 16.0 Å². The summed E-state index contributed by atoms with van der Waals surface area (Å²) in [5, 5.41) is 0.151. The molecule has 0 aliphatic carbocycles. The third-order valence-electron chi connectivity index (χ3n) is 2.64. The highest BCUT2D eigenvalue weighted by Gasteiger charge is 2.27. The molecular weight excluding hydrogens is 292 g/mol. The van der Waals surface area contributed by atoms with Crippen molar-refractivity contribution in [1.82, 2.24) is 4.31 Å². The molecule has 18 heavy (non-hydrogen) atoms. The Morgan fingerprint density at radius 3 is 2.61 bits per heavy atom. The Morgan fingerprint density at radius 2 is 2.11 bits per heavy atom. The van der Waals surface area contributed by atoms with Gasteiger partial charge in [-0.3, -0.25) is 0 Å². The van der Waals surface area contributed by atoms with Crippen LogP contribution < -0.4 is 5.73 Å². The number of nitrogens with two attached hydrogens (primary N) is 1. The second-order valence-corrected chi connectivity index (χ2v) is 7.30. The molecule has 1 unspecified atom stereocenters. The maximum atomic E-state index is 12.4. The number of hydrogen-bond donors (Lipinski definition) is 1. The summed E-state index contributed by atoms with van der Waals surface area (Å²) in [4.78, 5) is 0.0915. The van der Waals surface area contributed by atoms with Gasteiger partial charge in [0.1, 0.15) is 4.90 Å². The Labute approximate surface area is 118 Å². The highest BCUT2D eigenvalue weighted by atomic mass is 35.5. The second-order valence-electron chi connectivity index (χ2n) is 4.02. The predicted octanol–water partition coefficient (Wildman–Crippen LogP) is 2.29. The first-order valence-corrected chi connectivity index (χ1v) is 8.54. The van der Waals surface area contributed by atoms with Crippen LogP contribution in [0.15, 0.2) is 23.1 Å². The third kappa shape index (κ3) is 3.32. The molecule has 0 aromatic heterocycles. The number of benzene rings is 1. The van der Waals surface area contributed by atoms with Gasteiger partial charge in [0.05, 0.1) is 5.02 Å². The third-order valence-corrected chi connectivity index (χ3v) is 5.91. The molecule has 2 N–H and O–H groups in total. The average molecular weight is 309 g/mol. The van der Waals surface area contributed by atoms with E-state index in [1.165, 1.54) is 22.5 Å². The van der Waals surface area contributed by atoms with Gasteiger partial charge < -0.3 is 5.73 Å². The van der Waals surface area contributed by atoms with Gasteiger partial charge in [-0.15, -0.1) is 0 Å². The van der Waals surface area contributed by atoms with Crippen LogP contribution in [-0.2, 0) is 10.0 Å². The van der Waals surface area contributed by atoms with Gasteiger partial charge in [0.2, 0.25) is 10.0 Å². The van der Waals surface area contributed by atoms with E-state index in [0.717, 1.165) is 5.75 Å². The fourth-order valence-corrected chi connectivity index (χ4v) is 4.15. The summed E-state index contributed by atoms with van der Waals surface area (Å²) in [6.45, 7) is 1.86. The molecule has 7 heteroatoms. The molecule has 0 heterocycles. The Hall–Kier alpha value is -0.430. The topological polar surface area (TPSA) is 63.4 Å². The zero-order valence-electron chi connectivity index (χ0n) is 10.6. The van der Waals surface area contributed by atoms with Crippen molar-refractivity contribution in [1.29, 1.82) is 0 Å². The molecule has 0 amide bonds. The summed E-state index contributed by atoms with van der Waals surface area (Å²) in [7, 11) is -2.02.